The molecule has 0 aliphatic rings. The van der Waals surface area contributed by atoms with Crippen LogP contribution < -0.4 is 0 Å². The van der Waals surface area contributed by atoms with Gasteiger partial charge in [0.25, 0.3) is 0 Å². The number of nitrogens with zero attached hydrogens (tertiary/aromatic N) is 3. The van der Waals surface area contributed by atoms with Crippen LogP contribution in [0.3, 0.4) is 0 Å². The van der Waals surface area contributed by atoms with Gasteiger partial charge in [0.1, 0.15) is 11.6 Å². The first-order valence-corrected chi connectivity index (χ1v) is 21.4. The van der Waals surface area contributed by atoms with Crippen LogP contribution >= 0.6 is 0 Å². The van der Waals surface area contributed by atoms with Gasteiger partial charge in [0.15, 0.2) is 0 Å². The minimum Gasteiger partial charge on any atom is -0.507 e. The van der Waals surface area contributed by atoms with E-state index in [9.17, 15) is 5.11 Å². The highest BCUT2D eigenvalue weighted by Gasteiger charge is 2.24. The van der Waals surface area contributed by atoms with Crippen molar-refractivity contribution >= 4 is 11.0 Å². The summed E-state index contributed by atoms with van der Waals surface area (Å²) in [7, 11) is 0. The third-order valence-electron chi connectivity index (χ3n) is 11.9. The summed E-state index contributed by atoms with van der Waals surface area (Å²) in [6.07, 6.45) is 1.84. The molecule has 62 heavy (non-hydrogen) atoms. The Bertz CT molecular complexity index is 3220. The van der Waals surface area contributed by atoms with Crippen LogP contribution in [-0.2, 0) is 0 Å². The standard InChI is InChI=1S/C58H53N3O/c1-36(2)40-21-23-42(24-22-40)44-27-28-59-54(35-44)48-31-46(41-15-10-8-11-16-41)30-47(32-48)51-19-14-20-55-56(51)60-58(53-34-45(37(3)4)33-52(38(5)6)57(53)62)61(55)49-25-26-50(39(7)29-49)43-17-12-9-13-18-43/h8-38,62H,1-7H3/i7D3,36D. The number of phenols is 1. The lowest BCUT2D eigenvalue weighted by Gasteiger charge is -2.18. The first-order valence-electron chi connectivity index (χ1n) is 23.4. The molecule has 1 N–H and O–H groups in total. The predicted octanol–water partition coefficient (Wildman–Crippen LogP) is 15.8. The maximum Gasteiger partial charge on any atom is 0.149 e. The van der Waals surface area contributed by atoms with Crippen LogP contribution in [0.5, 0.6) is 5.75 Å². The Hall–Kier alpha value is -7.04. The number of hydrogen-bond donors (Lipinski definition) is 1. The Labute approximate surface area is 371 Å². The van der Waals surface area contributed by atoms with Crippen molar-refractivity contribution in [1.82, 2.24) is 14.5 Å². The molecule has 0 saturated carbocycles. The van der Waals surface area contributed by atoms with Crippen molar-refractivity contribution in [1.29, 1.82) is 0 Å². The number of phenolic OH excluding ortho intramolecular Hbond substituents is 1. The Kier molecular flexibility index (Phi) is 9.66. The van der Waals surface area contributed by atoms with E-state index in [-0.39, 0.29) is 23.1 Å². The normalized spacial score (nSPS) is 13.0. The van der Waals surface area contributed by atoms with Gasteiger partial charge in [-0.1, -0.05) is 151 Å². The van der Waals surface area contributed by atoms with Gasteiger partial charge in [0.05, 0.1) is 22.3 Å². The number of aromatic hydroxyl groups is 1. The Morgan fingerprint density at radius 3 is 1.92 bits per heavy atom. The highest BCUT2D eigenvalue weighted by Crippen LogP contribution is 2.43. The number of aromatic nitrogens is 3. The van der Waals surface area contributed by atoms with Gasteiger partial charge in [0.2, 0.25) is 0 Å². The molecule has 0 amide bonds. The largest absolute Gasteiger partial charge is 0.507 e. The van der Waals surface area contributed by atoms with Crippen LogP contribution in [0.15, 0.2) is 170 Å². The number of rotatable bonds is 10. The molecule has 0 aliphatic heterocycles. The number of benzene rings is 7. The smallest absolute Gasteiger partial charge is 0.149 e. The summed E-state index contributed by atoms with van der Waals surface area (Å²) >= 11 is 0. The van der Waals surface area contributed by atoms with Gasteiger partial charge in [-0.05, 0) is 140 Å². The van der Waals surface area contributed by atoms with E-state index >= 15 is 0 Å². The van der Waals surface area contributed by atoms with Gasteiger partial charge in [-0.25, -0.2) is 4.98 Å². The third-order valence-corrected chi connectivity index (χ3v) is 11.9. The second-order valence-corrected chi connectivity index (χ2v) is 17.0. The van der Waals surface area contributed by atoms with Gasteiger partial charge in [-0.2, -0.15) is 0 Å². The monoisotopic (exact) mass is 811 g/mol. The van der Waals surface area contributed by atoms with Gasteiger partial charge < -0.3 is 5.11 Å². The van der Waals surface area contributed by atoms with E-state index in [1.807, 2.05) is 122 Å². The van der Waals surface area contributed by atoms with Crippen LogP contribution in [-0.4, -0.2) is 19.6 Å². The van der Waals surface area contributed by atoms with Crippen molar-refractivity contribution < 1.29 is 10.6 Å². The summed E-state index contributed by atoms with van der Waals surface area (Å²) in [5.41, 5.74) is 14.8. The lowest BCUT2D eigenvalue weighted by Crippen LogP contribution is -2.02. The number of fused-ring (bicyclic) bond motifs is 1. The number of imidazole rings is 1. The lowest BCUT2D eigenvalue weighted by molar-refractivity contribution is 0.466. The van der Waals surface area contributed by atoms with Crippen molar-refractivity contribution in [2.75, 3.05) is 0 Å². The maximum absolute atomic E-state index is 12.2. The van der Waals surface area contributed by atoms with Crippen molar-refractivity contribution in [3.05, 3.63) is 192 Å². The summed E-state index contributed by atoms with van der Waals surface area (Å²) in [5, 5.41) is 12.2. The van der Waals surface area contributed by atoms with E-state index in [1.54, 1.807) is 6.07 Å². The molecule has 7 aromatic carbocycles. The summed E-state index contributed by atoms with van der Waals surface area (Å²) in [6.45, 7) is 9.81. The molecule has 0 aliphatic carbocycles. The topological polar surface area (TPSA) is 50.9 Å². The highest BCUT2D eigenvalue weighted by molar-refractivity contribution is 5.98. The van der Waals surface area contributed by atoms with Gasteiger partial charge >= 0.3 is 0 Å². The van der Waals surface area contributed by atoms with E-state index in [2.05, 4.69) is 88.4 Å². The molecule has 0 unspecified atom stereocenters. The molecule has 2 aromatic heterocycles. The van der Waals surface area contributed by atoms with Crippen LogP contribution in [0.4, 0.5) is 0 Å². The minimum absolute atomic E-state index is 0.0316. The molecule has 0 bridgehead atoms. The number of aryl methyl sites for hydroxylation is 1. The summed E-state index contributed by atoms with van der Waals surface area (Å²) in [6, 6.07) is 54.6. The second kappa shape index (κ2) is 16.8. The molecule has 4 heteroatoms. The molecule has 0 radical (unpaired) electrons. The maximum atomic E-state index is 12.2. The van der Waals surface area contributed by atoms with Crippen LogP contribution in [0.2, 0.25) is 0 Å². The molecule has 9 aromatic rings. The SMILES string of the molecule is [2H]C([2H])([2H])c1cc(-n2c(-c3cc(C(C)C)cc(C(C)C)c3O)nc3c(-c4cc(-c5ccccc5)cc(-c5cc(-c6ccc(C([2H])(C)C)cc6)ccn5)c4)cccc32)ccc1-c1ccccc1. The van der Waals surface area contributed by atoms with E-state index in [4.69, 9.17) is 15.5 Å². The molecular weight excluding hydrogens is 755 g/mol. The molecule has 0 atom stereocenters. The average molecular weight is 812 g/mol. The van der Waals surface area contributed by atoms with E-state index in [0.29, 0.717) is 28.2 Å². The molecule has 0 saturated heterocycles. The van der Waals surface area contributed by atoms with Gasteiger partial charge in [0, 0.05) is 28.5 Å². The summed E-state index contributed by atoms with van der Waals surface area (Å²) in [4.78, 5) is 10.4. The fraction of sp³-hybridized carbons (Fsp3) is 0.172. The van der Waals surface area contributed by atoms with Crippen LogP contribution in [0.25, 0.3) is 83.9 Å². The molecule has 0 fully saturated rings. The second-order valence-electron chi connectivity index (χ2n) is 17.0. The molecular formula is C58H53N3O. The Balaban J connectivity index is 1.30. The van der Waals surface area contributed by atoms with Gasteiger partial charge in [-0.15, -0.1) is 0 Å². The zero-order valence-corrected chi connectivity index (χ0v) is 36.1. The molecule has 9 rings (SSSR count). The third kappa shape index (κ3) is 7.74. The lowest BCUT2D eigenvalue weighted by atomic mass is 9.91. The first kappa shape index (κ1) is 35.7. The Morgan fingerprint density at radius 1 is 0.532 bits per heavy atom. The molecule has 2 heterocycles. The van der Waals surface area contributed by atoms with Crippen molar-refractivity contribution in [2.45, 2.75) is 66.1 Å². The predicted molar refractivity (Wildman–Crippen MR) is 260 cm³/mol. The number of hydrogen-bond acceptors (Lipinski definition) is 3. The highest BCUT2D eigenvalue weighted by atomic mass is 16.3. The van der Waals surface area contributed by atoms with E-state index in [1.165, 1.54) is 0 Å². The molecule has 0 spiro atoms. The molecule has 306 valence electrons. The van der Waals surface area contributed by atoms with Crippen molar-refractivity contribution in [2.24, 2.45) is 0 Å². The van der Waals surface area contributed by atoms with Crippen LogP contribution in [0, 0.1) is 6.85 Å². The zero-order valence-electron chi connectivity index (χ0n) is 40.1. The van der Waals surface area contributed by atoms with E-state index in [0.717, 1.165) is 72.4 Å². The summed E-state index contributed by atoms with van der Waals surface area (Å²) in [5.74, 6) is 0.172. The quantitative estimate of drug-likeness (QED) is 0.150. The number of pyridine rings is 1. The minimum atomic E-state index is -2.42. The first-order chi connectivity index (χ1) is 31.5. The average Bonchev–Trinajstić information content (AvgIpc) is 3.71. The fourth-order valence-corrected chi connectivity index (χ4v) is 8.43. The fourth-order valence-electron chi connectivity index (χ4n) is 8.43. The van der Waals surface area contributed by atoms with Crippen LogP contribution in [0.1, 0.15) is 87.0 Å². The van der Waals surface area contributed by atoms with Crippen molar-refractivity contribution in [3.8, 4) is 78.6 Å². The van der Waals surface area contributed by atoms with E-state index < -0.39 is 12.7 Å². The zero-order chi connectivity index (χ0) is 46.5. The van der Waals surface area contributed by atoms with Gasteiger partial charge in [-0.3, -0.25) is 9.55 Å². The molecule has 4 nitrogen and oxygen atoms in total. The number of para-hydroxylation sites is 1. The Morgan fingerprint density at radius 2 is 1.23 bits per heavy atom. The summed E-state index contributed by atoms with van der Waals surface area (Å²) < 4.78 is 36.7. The van der Waals surface area contributed by atoms with Crippen molar-refractivity contribution in [3.63, 3.8) is 0 Å².